The van der Waals surface area contributed by atoms with Gasteiger partial charge < -0.3 is 38.8 Å². The molecule has 0 fully saturated rings. The van der Waals surface area contributed by atoms with E-state index in [4.69, 9.17) is 28.4 Å². The van der Waals surface area contributed by atoms with Crippen LogP contribution in [0, 0.1) is 10.8 Å². The van der Waals surface area contributed by atoms with E-state index in [1.54, 1.807) is 6.92 Å². The van der Waals surface area contributed by atoms with Crippen LogP contribution in [0.25, 0.3) is 0 Å². The largest absolute Gasteiger partial charge is 0.513 e. The molecule has 1 aromatic rings. The molecule has 0 saturated carbocycles. The zero-order valence-electron chi connectivity index (χ0n) is 26.1. The number of carboxylic acid groups (broad SMARTS) is 1. The van der Waals surface area contributed by atoms with Crippen LogP contribution < -0.4 is 14.8 Å². The maximum atomic E-state index is 12.4. The lowest BCUT2D eigenvalue weighted by Crippen LogP contribution is -2.42. The third-order valence-electron chi connectivity index (χ3n) is 5.30. The molecule has 0 aromatic heterocycles. The number of hydrogen-bond donors (Lipinski definition) is 2. The Morgan fingerprint density at radius 1 is 0.833 bits per heavy atom. The summed E-state index contributed by atoms with van der Waals surface area (Å²) in [5.74, 6) is -1.40. The molecule has 0 bridgehead atoms. The quantitative estimate of drug-likeness (QED) is 0.103. The van der Waals surface area contributed by atoms with Crippen LogP contribution in [-0.2, 0) is 30.2 Å². The normalized spacial score (nSPS) is 13.0. The Morgan fingerprint density at radius 2 is 1.40 bits per heavy atom. The van der Waals surface area contributed by atoms with Gasteiger partial charge in [-0.2, -0.15) is 0 Å². The van der Waals surface area contributed by atoms with Crippen molar-refractivity contribution in [1.82, 2.24) is 5.32 Å². The van der Waals surface area contributed by atoms with E-state index in [1.807, 2.05) is 48.5 Å². The molecule has 0 spiro atoms. The van der Waals surface area contributed by atoms with Crippen molar-refractivity contribution in [2.24, 2.45) is 10.8 Å². The summed E-state index contributed by atoms with van der Waals surface area (Å²) in [5.41, 5.74) is -0.160. The second-order valence-corrected chi connectivity index (χ2v) is 12.4. The van der Waals surface area contributed by atoms with E-state index in [-0.39, 0.29) is 55.1 Å². The van der Waals surface area contributed by atoms with E-state index in [0.29, 0.717) is 5.56 Å². The maximum Gasteiger partial charge on any atom is 0.513 e. The molecule has 0 heterocycles. The van der Waals surface area contributed by atoms with Crippen LogP contribution in [0.2, 0.25) is 0 Å². The lowest BCUT2D eigenvalue weighted by molar-refractivity contribution is -0.139. The lowest BCUT2D eigenvalue weighted by Gasteiger charge is -2.20. The zero-order chi connectivity index (χ0) is 31.9. The van der Waals surface area contributed by atoms with Gasteiger partial charge in [-0.05, 0) is 48.3 Å². The highest BCUT2D eigenvalue weighted by Gasteiger charge is 2.24. The van der Waals surface area contributed by atoms with Crippen LogP contribution in [0.3, 0.4) is 0 Å². The molecule has 0 aliphatic heterocycles. The third-order valence-corrected chi connectivity index (χ3v) is 5.30. The van der Waals surface area contributed by atoms with Crippen LogP contribution in [0.1, 0.15) is 80.2 Å². The predicted molar refractivity (Wildman–Crippen MR) is 154 cm³/mol. The van der Waals surface area contributed by atoms with Crippen LogP contribution >= 0.6 is 0 Å². The molecule has 2 N–H and O–H groups in total. The van der Waals surface area contributed by atoms with Gasteiger partial charge in [-0.3, -0.25) is 4.79 Å². The number of carbonyl (C=O) groups excluding carboxylic acids is 3. The van der Waals surface area contributed by atoms with Crippen molar-refractivity contribution >= 4 is 24.4 Å². The zero-order valence-corrected chi connectivity index (χ0v) is 26.1. The molecule has 1 rings (SSSR count). The number of unbranched alkanes of at least 4 members (excludes halogenated alkanes) is 2. The highest BCUT2D eigenvalue weighted by atomic mass is 16.7. The van der Waals surface area contributed by atoms with Crippen molar-refractivity contribution in [3.05, 3.63) is 23.8 Å². The first kappa shape index (κ1) is 36.5. The number of aliphatic carboxylic acids is 1. The van der Waals surface area contributed by atoms with E-state index >= 15 is 0 Å². The summed E-state index contributed by atoms with van der Waals surface area (Å²) in [6.45, 7) is 15.4. The fraction of sp³-hybridized carbons (Fsp3) is 0.667. The van der Waals surface area contributed by atoms with Gasteiger partial charge in [0.05, 0.1) is 19.8 Å². The summed E-state index contributed by atoms with van der Waals surface area (Å²) in [6, 6.07) is 3.21. The highest BCUT2D eigenvalue weighted by molar-refractivity contribution is 5.74. The van der Waals surface area contributed by atoms with Gasteiger partial charge in [0, 0.05) is 6.54 Å². The molecule has 12 nitrogen and oxygen atoms in total. The highest BCUT2D eigenvalue weighted by Crippen LogP contribution is 2.30. The standard InChI is InChI=1S/C30H47NO11/c1-9-10-11-14-37-26(34)40-20(2)17-31-22(25(32)33)15-21-12-13-23(41-27(35)38-18-29(3,4)5)24(16-21)42-28(36)39-19-30(6,7)8/h12-13,16,20,22,31H,9-11,14-15,17-19H2,1-8H3,(H,32,33)/t20?,22-/m0/s1. The average Bonchev–Trinajstić information content (AvgIpc) is 2.87. The Bertz CT molecular complexity index is 1030. The van der Waals surface area contributed by atoms with Crippen molar-refractivity contribution in [1.29, 1.82) is 0 Å². The van der Waals surface area contributed by atoms with Crippen molar-refractivity contribution in [3.63, 3.8) is 0 Å². The summed E-state index contributed by atoms with van der Waals surface area (Å²) in [4.78, 5) is 48.4. The second kappa shape index (κ2) is 17.4. The van der Waals surface area contributed by atoms with Gasteiger partial charge in [0.25, 0.3) is 0 Å². The molecule has 1 unspecified atom stereocenters. The Morgan fingerprint density at radius 3 is 1.93 bits per heavy atom. The fourth-order valence-electron chi connectivity index (χ4n) is 3.17. The first-order chi connectivity index (χ1) is 19.5. The Labute approximate surface area is 248 Å². The van der Waals surface area contributed by atoms with Gasteiger partial charge in [0.2, 0.25) is 0 Å². The fourth-order valence-corrected chi connectivity index (χ4v) is 3.17. The molecular weight excluding hydrogens is 550 g/mol. The van der Waals surface area contributed by atoms with Crippen LogP contribution in [0.15, 0.2) is 18.2 Å². The molecule has 2 atom stereocenters. The van der Waals surface area contributed by atoms with Crippen LogP contribution in [0.5, 0.6) is 11.5 Å². The van der Waals surface area contributed by atoms with E-state index in [0.717, 1.165) is 19.3 Å². The van der Waals surface area contributed by atoms with Crippen molar-refractivity contribution in [2.75, 3.05) is 26.4 Å². The summed E-state index contributed by atoms with van der Waals surface area (Å²) < 4.78 is 31.1. The van der Waals surface area contributed by atoms with Crippen molar-refractivity contribution < 1.29 is 52.7 Å². The monoisotopic (exact) mass is 597 g/mol. The molecule has 0 radical (unpaired) electrons. The maximum absolute atomic E-state index is 12.4. The smallest absolute Gasteiger partial charge is 0.480 e. The minimum absolute atomic E-state index is 0.0360. The minimum Gasteiger partial charge on any atom is -0.480 e. The molecule has 0 amide bonds. The van der Waals surface area contributed by atoms with E-state index < -0.39 is 36.6 Å². The molecule has 238 valence electrons. The Kier molecular flexibility index (Phi) is 15.1. The van der Waals surface area contributed by atoms with Gasteiger partial charge in [-0.25, -0.2) is 14.4 Å². The number of ether oxygens (including phenoxy) is 6. The van der Waals surface area contributed by atoms with Gasteiger partial charge in [-0.15, -0.1) is 0 Å². The lowest BCUT2D eigenvalue weighted by atomic mass is 9.99. The summed E-state index contributed by atoms with van der Waals surface area (Å²) in [7, 11) is 0. The van der Waals surface area contributed by atoms with Gasteiger partial charge >= 0.3 is 24.4 Å². The number of carboxylic acids is 1. The second-order valence-electron chi connectivity index (χ2n) is 12.4. The summed E-state index contributed by atoms with van der Waals surface area (Å²) >= 11 is 0. The van der Waals surface area contributed by atoms with E-state index in [9.17, 15) is 24.3 Å². The number of benzene rings is 1. The van der Waals surface area contributed by atoms with E-state index in [2.05, 4.69) is 5.32 Å². The van der Waals surface area contributed by atoms with Gasteiger partial charge in [-0.1, -0.05) is 67.4 Å². The first-order valence-corrected chi connectivity index (χ1v) is 14.1. The molecule has 0 aliphatic carbocycles. The average molecular weight is 598 g/mol. The number of hydrogen-bond acceptors (Lipinski definition) is 11. The molecular formula is C30H47NO11. The third kappa shape index (κ3) is 16.7. The SMILES string of the molecule is CCCCCOC(=O)OC(C)CN[C@@H](Cc1ccc(OC(=O)OCC(C)(C)C)c(OC(=O)OCC(C)(C)C)c1)C(=O)O. The van der Waals surface area contributed by atoms with Crippen molar-refractivity contribution in [3.8, 4) is 11.5 Å². The molecule has 0 aliphatic rings. The van der Waals surface area contributed by atoms with Crippen molar-refractivity contribution in [2.45, 2.75) is 93.2 Å². The van der Waals surface area contributed by atoms with Gasteiger partial charge in [0.1, 0.15) is 12.1 Å². The van der Waals surface area contributed by atoms with Crippen LogP contribution in [-0.4, -0.2) is 68.1 Å². The van der Waals surface area contributed by atoms with E-state index in [1.165, 1.54) is 18.2 Å². The molecule has 1 aromatic carbocycles. The molecule has 42 heavy (non-hydrogen) atoms. The molecule has 12 heteroatoms. The minimum atomic E-state index is -1.15. The molecule has 0 saturated heterocycles. The Hall–Kier alpha value is -3.54. The van der Waals surface area contributed by atoms with Gasteiger partial charge in [0.15, 0.2) is 11.5 Å². The van der Waals surface area contributed by atoms with Crippen LogP contribution in [0.4, 0.5) is 14.4 Å². The first-order valence-electron chi connectivity index (χ1n) is 14.1. The number of nitrogens with one attached hydrogen (secondary N) is 1. The topological polar surface area (TPSA) is 156 Å². The number of rotatable bonds is 15. The predicted octanol–water partition coefficient (Wildman–Crippen LogP) is 6.13. The number of carbonyl (C=O) groups is 4. The summed E-state index contributed by atoms with van der Waals surface area (Å²) in [5, 5.41) is 12.6. The Balaban J connectivity index is 2.95. The summed E-state index contributed by atoms with van der Waals surface area (Å²) in [6.07, 6.45) is -0.856.